The molecule has 0 aliphatic heterocycles. The van der Waals surface area contributed by atoms with Crippen LogP contribution in [0.5, 0.6) is 0 Å². The number of hydrogen-bond acceptors (Lipinski definition) is 3. The first-order chi connectivity index (χ1) is 8.29. The van der Waals surface area contributed by atoms with Gasteiger partial charge in [0.05, 0.1) is 18.3 Å². The summed E-state index contributed by atoms with van der Waals surface area (Å²) >= 11 is 0. The Kier molecular flexibility index (Phi) is 4.24. The molecule has 0 unspecified atom stereocenters. The number of alkyl halides is 3. The predicted octanol–water partition coefficient (Wildman–Crippen LogP) is 1.90. The number of carboxylic acid groups (broad SMARTS) is 1. The number of aliphatic carboxylic acids is 1. The third kappa shape index (κ3) is 4.40. The second-order valence-electron chi connectivity index (χ2n) is 3.37. The van der Waals surface area contributed by atoms with Gasteiger partial charge in [0, 0.05) is 6.42 Å². The second-order valence-corrected chi connectivity index (χ2v) is 3.37. The highest BCUT2D eigenvalue weighted by Gasteiger charge is 2.32. The van der Waals surface area contributed by atoms with Crippen LogP contribution in [0, 0.1) is 0 Å². The Morgan fingerprint density at radius 1 is 1.28 bits per heavy atom. The molecule has 0 saturated heterocycles. The van der Waals surface area contributed by atoms with Crippen molar-refractivity contribution in [2.75, 3.05) is 5.32 Å². The fourth-order valence-corrected chi connectivity index (χ4v) is 1.08. The van der Waals surface area contributed by atoms with Gasteiger partial charge < -0.3 is 10.4 Å². The van der Waals surface area contributed by atoms with Crippen molar-refractivity contribution < 1.29 is 27.9 Å². The molecule has 1 aromatic heterocycles. The first-order valence-electron chi connectivity index (χ1n) is 4.84. The first-order valence-corrected chi connectivity index (χ1v) is 4.84. The molecular formula is C10H9F3N2O3. The lowest BCUT2D eigenvalue weighted by molar-refractivity contribution is -0.141. The molecule has 0 bridgehead atoms. The normalized spacial score (nSPS) is 11.1. The van der Waals surface area contributed by atoms with Crippen LogP contribution < -0.4 is 5.32 Å². The number of hydrogen-bond donors (Lipinski definition) is 2. The molecule has 1 amide bonds. The van der Waals surface area contributed by atoms with Gasteiger partial charge in [-0.15, -0.1) is 0 Å². The van der Waals surface area contributed by atoms with Crippen molar-refractivity contribution >= 4 is 17.6 Å². The number of amides is 1. The Labute approximate surface area is 99.6 Å². The molecule has 2 N–H and O–H groups in total. The highest BCUT2D eigenvalue weighted by atomic mass is 19.4. The number of aromatic nitrogens is 1. The fourth-order valence-electron chi connectivity index (χ4n) is 1.08. The molecule has 0 fully saturated rings. The summed E-state index contributed by atoms with van der Waals surface area (Å²) < 4.78 is 36.5. The van der Waals surface area contributed by atoms with E-state index in [0.717, 1.165) is 18.3 Å². The van der Waals surface area contributed by atoms with Crippen molar-refractivity contribution in [2.45, 2.75) is 19.0 Å². The molecule has 5 nitrogen and oxygen atoms in total. The van der Waals surface area contributed by atoms with E-state index in [1.165, 1.54) is 0 Å². The SMILES string of the molecule is O=C(O)CCC(=O)Nc1ccc(C(F)(F)F)nc1. The Morgan fingerprint density at radius 3 is 2.39 bits per heavy atom. The number of carbonyl (C=O) groups excluding carboxylic acids is 1. The van der Waals surface area contributed by atoms with E-state index in [1.807, 2.05) is 0 Å². The molecule has 0 aliphatic rings. The fraction of sp³-hybridized carbons (Fsp3) is 0.300. The van der Waals surface area contributed by atoms with Crippen molar-refractivity contribution in [2.24, 2.45) is 0 Å². The molecule has 0 atom stereocenters. The molecule has 0 aromatic carbocycles. The van der Waals surface area contributed by atoms with Gasteiger partial charge in [-0.3, -0.25) is 9.59 Å². The molecule has 0 spiro atoms. The van der Waals surface area contributed by atoms with Gasteiger partial charge in [-0.25, -0.2) is 4.98 Å². The van der Waals surface area contributed by atoms with E-state index >= 15 is 0 Å². The van der Waals surface area contributed by atoms with Gasteiger partial charge in [0.15, 0.2) is 0 Å². The Balaban J connectivity index is 2.59. The topological polar surface area (TPSA) is 79.3 Å². The van der Waals surface area contributed by atoms with Crippen molar-refractivity contribution in [3.05, 3.63) is 24.0 Å². The van der Waals surface area contributed by atoms with E-state index in [9.17, 15) is 22.8 Å². The van der Waals surface area contributed by atoms with Gasteiger partial charge in [-0.1, -0.05) is 0 Å². The van der Waals surface area contributed by atoms with Crippen LogP contribution in [0.2, 0.25) is 0 Å². The van der Waals surface area contributed by atoms with Crippen LogP contribution in [0.1, 0.15) is 18.5 Å². The van der Waals surface area contributed by atoms with Gasteiger partial charge in [-0.2, -0.15) is 13.2 Å². The molecule has 1 aromatic rings. The van der Waals surface area contributed by atoms with Crippen molar-refractivity contribution in [1.29, 1.82) is 0 Å². The molecule has 98 valence electrons. The number of nitrogens with zero attached hydrogens (tertiary/aromatic N) is 1. The first kappa shape index (κ1) is 13.9. The summed E-state index contributed by atoms with van der Waals surface area (Å²) in [4.78, 5) is 24.5. The van der Waals surface area contributed by atoms with E-state index in [-0.39, 0.29) is 18.5 Å². The van der Waals surface area contributed by atoms with Gasteiger partial charge in [0.25, 0.3) is 0 Å². The summed E-state index contributed by atoms with van der Waals surface area (Å²) in [6.45, 7) is 0. The molecule has 0 aliphatic carbocycles. The molecular weight excluding hydrogens is 253 g/mol. The lowest BCUT2D eigenvalue weighted by Gasteiger charge is -2.07. The molecule has 18 heavy (non-hydrogen) atoms. The highest BCUT2D eigenvalue weighted by Crippen LogP contribution is 2.27. The van der Waals surface area contributed by atoms with Crippen LogP contribution in [0.3, 0.4) is 0 Å². The lowest BCUT2D eigenvalue weighted by atomic mass is 10.3. The van der Waals surface area contributed by atoms with Crippen LogP contribution in [-0.4, -0.2) is 22.0 Å². The minimum Gasteiger partial charge on any atom is -0.481 e. The minimum absolute atomic E-state index is 0.0818. The number of nitrogens with one attached hydrogen (secondary N) is 1. The molecule has 0 saturated carbocycles. The summed E-state index contributed by atoms with van der Waals surface area (Å²) in [7, 11) is 0. The van der Waals surface area contributed by atoms with Crippen molar-refractivity contribution in [3.63, 3.8) is 0 Å². The maximum atomic E-state index is 12.2. The standard InChI is InChI=1S/C10H9F3N2O3/c11-10(12,13)7-2-1-6(5-14-7)15-8(16)3-4-9(17)18/h1-2,5H,3-4H2,(H,15,16)(H,17,18). The summed E-state index contributed by atoms with van der Waals surface area (Å²) in [6, 6.07) is 1.78. The average molecular weight is 262 g/mol. The number of anilines is 1. The van der Waals surface area contributed by atoms with E-state index in [0.29, 0.717) is 0 Å². The number of carboxylic acids is 1. The zero-order chi connectivity index (χ0) is 13.8. The zero-order valence-corrected chi connectivity index (χ0v) is 8.99. The van der Waals surface area contributed by atoms with Gasteiger partial charge in [0.2, 0.25) is 5.91 Å². The molecule has 8 heteroatoms. The summed E-state index contributed by atoms with van der Waals surface area (Å²) in [6.07, 6.45) is -4.27. The summed E-state index contributed by atoms with van der Waals surface area (Å²) in [5.41, 5.74) is -0.982. The van der Waals surface area contributed by atoms with E-state index < -0.39 is 23.7 Å². The predicted molar refractivity (Wildman–Crippen MR) is 54.7 cm³/mol. The van der Waals surface area contributed by atoms with Crippen LogP contribution in [0.25, 0.3) is 0 Å². The maximum Gasteiger partial charge on any atom is 0.433 e. The van der Waals surface area contributed by atoms with Gasteiger partial charge in [0.1, 0.15) is 5.69 Å². The van der Waals surface area contributed by atoms with Crippen molar-refractivity contribution in [3.8, 4) is 0 Å². The maximum absolute atomic E-state index is 12.2. The number of rotatable bonds is 4. The molecule has 0 radical (unpaired) electrons. The number of pyridine rings is 1. The van der Waals surface area contributed by atoms with Gasteiger partial charge in [-0.05, 0) is 12.1 Å². The zero-order valence-electron chi connectivity index (χ0n) is 8.99. The second kappa shape index (κ2) is 5.48. The van der Waals surface area contributed by atoms with E-state index in [4.69, 9.17) is 5.11 Å². The highest BCUT2D eigenvalue weighted by molar-refractivity contribution is 5.92. The third-order valence-corrected chi connectivity index (χ3v) is 1.90. The van der Waals surface area contributed by atoms with Crippen LogP contribution in [0.4, 0.5) is 18.9 Å². The van der Waals surface area contributed by atoms with Crippen LogP contribution in [0.15, 0.2) is 18.3 Å². The van der Waals surface area contributed by atoms with Crippen LogP contribution in [-0.2, 0) is 15.8 Å². The Bertz CT molecular complexity index is 443. The minimum atomic E-state index is -4.54. The number of halogens is 3. The third-order valence-electron chi connectivity index (χ3n) is 1.90. The molecule has 1 heterocycles. The average Bonchev–Trinajstić information content (AvgIpc) is 2.26. The van der Waals surface area contributed by atoms with E-state index in [1.54, 1.807) is 0 Å². The van der Waals surface area contributed by atoms with E-state index in [2.05, 4.69) is 10.3 Å². The molecule has 1 rings (SSSR count). The summed E-state index contributed by atoms with van der Waals surface area (Å²) in [5.74, 6) is -1.73. The van der Waals surface area contributed by atoms with Crippen molar-refractivity contribution in [1.82, 2.24) is 4.98 Å². The lowest BCUT2D eigenvalue weighted by Crippen LogP contribution is -2.14. The van der Waals surface area contributed by atoms with Gasteiger partial charge >= 0.3 is 12.1 Å². The smallest absolute Gasteiger partial charge is 0.433 e. The monoisotopic (exact) mass is 262 g/mol. The quantitative estimate of drug-likeness (QED) is 0.868. The summed E-state index contributed by atoms with van der Waals surface area (Å²) in [5, 5.41) is 10.6. The largest absolute Gasteiger partial charge is 0.481 e. The number of carbonyl (C=O) groups is 2. The Hall–Kier alpha value is -2.12. The van der Waals surface area contributed by atoms with Crippen LogP contribution >= 0.6 is 0 Å². The Morgan fingerprint density at radius 2 is 1.94 bits per heavy atom.